The number of hydrogen-bond acceptors (Lipinski definition) is 6. The van der Waals surface area contributed by atoms with E-state index in [0.717, 1.165) is 0 Å². The van der Waals surface area contributed by atoms with Gasteiger partial charge in [-0.1, -0.05) is 13.8 Å². The minimum Gasteiger partial charge on any atom is -0.759 e. The second-order valence-corrected chi connectivity index (χ2v) is 5.19. The van der Waals surface area contributed by atoms with Crippen LogP contribution in [0.1, 0.15) is 13.8 Å². The van der Waals surface area contributed by atoms with Gasteiger partial charge in [0.1, 0.15) is 9.84 Å². The van der Waals surface area contributed by atoms with Gasteiger partial charge in [0.25, 0.3) is 0 Å². The van der Waals surface area contributed by atoms with Gasteiger partial charge >= 0.3 is 59.1 Å². The summed E-state index contributed by atoms with van der Waals surface area (Å²) in [6.07, 6.45) is 0. The monoisotopic (exact) mass is 264 g/mol. The van der Waals surface area contributed by atoms with Crippen LogP contribution < -0.4 is 59.1 Å². The van der Waals surface area contributed by atoms with E-state index in [1.54, 1.807) is 13.8 Å². The second kappa shape index (κ2) is 11.3. The van der Waals surface area contributed by atoms with Crippen LogP contribution in [0, 0.1) is 0 Å². The van der Waals surface area contributed by atoms with Crippen LogP contribution in [0.4, 0.5) is 0 Å². The van der Waals surface area contributed by atoms with Gasteiger partial charge in [0.05, 0.1) is 0 Å². The molecule has 0 aliphatic rings. The molecule has 0 saturated heterocycles. The Labute approximate surface area is 129 Å². The van der Waals surface area contributed by atoms with E-state index in [4.69, 9.17) is 17.5 Å². The molecule has 0 aromatic carbocycles. The van der Waals surface area contributed by atoms with Crippen LogP contribution in [0.15, 0.2) is 0 Å². The SMILES string of the molecule is CCS(=O)(=O)CC.O=S(=O)([O-])[O-].[Na+].[Na+]. The molecular formula is C4H10Na2O6S2. The molecule has 0 radical (unpaired) electrons. The zero-order valence-electron chi connectivity index (χ0n) is 8.68. The van der Waals surface area contributed by atoms with Gasteiger partial charge in [-0.2, -0.15) is 0 Å². The third kappa shape index (κ3) is 37.1. The Kier molecular flexibility index (Phi) is 20.1. The van der Waals surface area contributed by atoms with Crippen LogP contribution in [-0.2, 0) is 20.2 Å². The normalized spacial score (nSPS) is 10.0. The van der Waals surface area contributed by atoms with E-state index >= 15 is 0 Å². The van der Waals surface area contributed by atoms with E-state index in [0.29, 0.717) is 0 Å². The predicted octanol–water partition coefficient (Wildman–Crippen LogP) is -6.89. The van der Waals surface area contributed by atoms with Crippen molar-refractivity contribution in [3.63, 3.8) is 0 Å². The van der Waals surface area contributed by atoms with Crippen molar-refractivity contribution in [1.82, 2.24) is 0 Å². The van der Waals surface area contributed by atoms with Crippen molar-refractivity contribution in [2.45, 2.75) is 13.8 Å². The van der Waals surface area contributed by atoms with Crippen LogP contribution in [0.3, 0.4) is 0 Å². The molecule has 0 N–H and O–H groups in total. The number of rotatable bonds is 2. The van der Waals surface area contributed by atoms with Crippen LogP contribution in [0.25, 0.3) is 0 Å². The fourth-order valence-corrected chi connectivity index (χ4v) is 0.612. The number of hydrogen-bond donors (Lipinski definition) is 0. The molecule has 0 aliphatic heterocycles. The van der Waals surface area contributed by atoms with E-state index in [2.05, 4.69) is 0 Å². The van der Waals surface area contributed by atoms with Gasteiger partial charge in [-0.25, -0.2) is 8.42 Å². The Bertz CT molecular complexity index is 276. The Morgan fingerprint density at radius 1 is 0.857 bits per heavy atom. The summed E-state index contributed by atoms with van der Waals surface area (Å²) in [5.74, 6) is 0.535. The molecule has 0 rings (SSSR count). The topological polar surface area (TPSA) is 114 Å². The first kappa shape index (κ1) is 24.9. The zero-order chi connectivity index (χ0) is 10.4. The maximum absolute atomic E-state index is 10.4. The van der Waals surface area contributed by atoms with Crippen molar-refractivity contribution in [3.05, 3.63) is 0 Å². The summed E-state index contributed by atoms with van der Waals surface area (Å²) in [7, 11) is -7.82. The summed E-state index contributed by atoms with van der Waals surface area (Å²) in [5.41, 5.74) is 0. The van der Waals surface area contributed by atoms with Crippen molar-refractivity contribution in [2.75, 3.05) is 11.5 Å². The first-order chi connectivity index (χ1) is 5.12. The van der Waals surface area contributed by atoms with Gasteiger partial charge in [-0.05, 0) is 0 Å². The van der Waals surface area contributed by atoms with Gasteiger partial charge in [0, 0.05) is 21.9 Å². The van der Waals surface area contributed by atoms with Gasteiger partial charge in [-0.15, -0.1) is 0 Å². The molecule has 0 aromatic rings. The van der Waals surface area contributed by atoms with E-state index in [1.165, 1.54) is 0 Å². The average Bonchev–Trinajstić information content (AvgIpc) is 1.85. The molecule has 76 valence electrons. The van der Waals surface area contributed by atoms with Gasteiger partial charge in [0.15, 0.2) is 0 Å². The molecule has 0 fully saturated rings. The van der Waals surface area contributed by atoms with Crippen LogP contribution in [-0.4, -0.2) is 37.4 Å². The fourth-order valence-electron chi connectivity index (χ4n) is 0.204. The summed E-state index contributed by atoms with van der Waals surface area (Å²) < 4.78 is 54.8. The Morgan fingerprint density at radius 2 is 1.00 bits per heavy atom. The summed E-state index contributed by atoms with van der Waals surface area (Å²) in [5, 5.41) is 0. The summed E-state index contributed by atoms with van der Waals surface area (Å²) >= 11 is 0. The van der Waals surface area contributed by atoms with Crippen molar-refractivity contribution in [3.8, 4) is 0 Å². The molecule has 10 heteroatoms. The molecular weight excluding hydrogens is 254 g/mol. The predicted molar refractivity (Wildman–Crippen MR) is 40.5 cm³/mol. The molecule has 0 amide bonds. The van der Waals surface area contributed by atoms with Gasteiger partial charge in [-0.3, -0.25) is 8.42 Å². The van der Waals surface area contributed by atoms with Gasteiger partial charge in [0.2, 0.25) is 0 Å². The Balaban J connectivity index is -0.0000000651. The molecule has 0 heterocycles. The van der Waals surface area contributed by atoms with E-state index < -0.39 is 20.2 Å². The molecule has 0 spiro atoms. The van der Waals surface area contributed by atoms with Gasteiger partial charge < -0.3 is 9.11 Å². The molecule has 14 heavy (non-hydrogen) atoms. The van der Waals surface area contributed by atoms with Crippen molar-refractivity contribution in [2.24, 2.45) is 0 Å². The molecule has 0 saturated carbocycles. The molecule has 0 atom stereocenters. The quantitative estimate of drug-likeness (QED) is 0.278. The van der Waals surface area contributed by atoms with E-state index in [-0.39, 0.29) is 70.6 Å². The maximum atomic E-state index is 10.4. The fraction of sp³-hybridized carbons (Fsp3) is 1.00. The molecule has 0 bridgehead atoms. The third-order valence-corrected chi connectivity index (χ3v) is 2.64. The maximum Gasteiger partial charge on any atom is 1.00 e. The first-order valence-electron chi connectivity index (χ1n) is 2.99. The average molecular weight is 264 g/mol. The first-order valence-corrected chi connectivity index (χ1v) is 6.15. The molecule has 0 aliphatic carbocycles. The van der Waals surface area contributed by atoms with Crippen molar-refractivity contribution < 1.29 is 85.1 Å². The van der Waals surface area contributed by atoms with Crippen LogP contribution >= 0.6 is 0 Å². The van der Waals surface area contributed by atoms with Crippen LogP contribution in [0.5, 0.6) is 0 Å². The van der Waals surface area contributed by atoms with E-state index in [1.807, 2.05) is 0 Å². The standard InChI is InChI=1S/C4H10O2S.2Na.H2O4S/c1-3-7(5,6)4-2;;;1-5(2,3)4/h3-4H2,1-2H3;;;(H2,1,2,3,4)/q;2*+1;/p-2. The molecule has 0 aromatic heterocycles. The minimum absolute atomic E-state index is 0. The Hall–Kier alpha value is 1.82. The van der Waals surface area contributed by atoms with Crippen LogP contribution in [0.2, 0.25) is 0 Å². The summed E-state index contributed by atoms with van der Waals surface area (Å²) in [6.45, 7) is 3.30. The minimum atomic E-state index is -5.17. The smallest absolute Gasteiger partial charge is 0.759 e. The van der Waals surface area contributed by atoms with Crippen molar-refractivity contribution >= 4 is 20.2 Å². The van der Waals surface area contributed by atoms with Crippen molar-refractivity contribution in [1.29, 1.82) is 0 Å². The largest absolute Gasteiger partial charge is 1.00 e. The molecule has 0 unspecified atom stereocenters. The third-order valence-electron chi connectivity index (χ3n) is 0.880. The summed E-state index contributed by atoms with van der Waals surface area (Å²) in [4.78, 5) is 0. The van der Waals surface area contributed by atoms with E-state index in [9.17, 15) is 8.42 Å². The number of sulfone groups is 1. The summed E-state index contributed by atoms with van der Waals surface area (Å²) in [6, 6.07) is 0. The molecule has 6 nitrogen and oxygen atoms in total. The zero-order valence-corrected chi connectivity index (χ0v) is 14.3. The second-order valence-electron chi connectivity index (χ2n) is 1.73. The Morgan fingerprint density at radius 3 is 1.00 bits per heavy atom.